The summed E-state index contributed by atoms with van der Waals surface area (Å²) in [5.41, 5.74) is 1.36. The maximum atomic E-state index is 10.5. The number of rotatable bonds is 2. The highest BCUT2D eigenvalue weighted by molar-refractivity contribution is 6.17. The summed E-state index contributed by atoms with van der Waals surface area (Å²) in [5, 5.41) is 6.77. The van der Waals surface area contributed by atoms with Crippen molar-refractivity contribution in [2.75, 3.05) is 0 Å². The van der Waals surface area contributed by atoms with Gasteiger partial charge in [0.1, 0.15) is 5.56 Å². The molecule has 2 nitrogen and oxygen atoms in total. The second-order valence-electron chi connectivity index (χ2n) is 2.16. The number of hydrogen-bond acceptors (Lipinski definition) is 1. The maximum absolute atomic E-state index is 10.5. The number of carbonyl (C=O) groups excluding carboxylic acids is 1. The molecule has 1 rings (SSSR count). The monoisotopic (exact) mass is 171 g/mol. The Kier molecular flexibility index (Phi) is 2.49. The van der Waals surface area contributed by atoms with Crippen LogP contribution in [0.3, 0.4) is 0 Å². The number of benzene rings is 1. The fourth-order valence-electron chi connectivity index (χ4n) is 0.745. The summed E-state index contributed by atoms with van der Waals surface area (Å²) >= 11 is 5.53. The van der Waals surface area contributed by atoms with Crippen LogP contribution in [-0.2, 0) is 5.88 Å². The molecule has 0 saturated heterocycles. The Morgan fingerprint density at radius 1 is 1.36 bits per heavy atom. The van der Waals surface area contributed by atoms with Gasteiger partial charge in [-0.25, -0.2) is 0 Å². The van der Waals surface area contributed by atoms with Crippen LogP contribution in [0.25, 0.3) is 0 Å². The highest BCUT2D eigenvalue weighted by atomic mass is 35.5. The van der Waals surface area contributed by atoms with Crippen LogP contribution in [-0.4, -0.2) is 11.1 Å². The molecular weight excluding hydrogens is 164 g/mol. The van der Waals surface area contributed by atoms with Gasteiger partial charge in [-0.05, 0) is 17.7 Å². The van der Waals surface area contributed by atoms with E-state index in [1.54, 1.807) is 24.3 Å². The predicted molar refractivity (Wildman–Crippen MR) is 43.9 cm³/mol. The first-order valence-electron chi connectivity index (χ1n) is 3.15. The summed E-state index contributed by atoms with van der Waals surface area (Å²) in [7, 11) is 0. The Hall–Kier alpha value is -1.02. The number of halogens is 1. The number of alkyl halides is 1. The fourth-order valence-corrected chi connectivity index (χ4v) is 0.923. The summed E-state index contributed by atoms with van der Waals surface area (Å²) in [5.74, 6) is -0.224. The standard InChI is InChI=1S/C8H7ClO2/c9-5-6-1-3-7(4-2-6)8(10)11/h1-4H,5H2,(H,10,11)/p+1. The van der Waals surface area contributed by atoms with Gasteiger partial charge in [0.15, 0.2) is 0 Å². The molecule has 0 spiro atoms. The van der Waals surface area contributed by atoms with Gasteiger partial charge in [0.05, 0.1) is 0 Å². The third kappa shape index (κ3) is 1.95. The Bertz CT molecular complexity index is 253. The van der Waals surface area contributed by atoms with Gasteiger partial charge in [0, 0.05) is 10.7 Å². The van der Waals surface area contributed by atoms with Crippen molar-refractivity contribution in [3.63, 3.8) is 0 Å². The van der Waals surface area contributed by atoms with Gasteiger partial charge in [-0.1, -0.05) is 12.1 Å². The molecule has 0 unspecified atom stereocenters. The van der Waals surface area contributed by atoms with Gasteiger partial charge in [-0.2, -0.15) is 0 Å². The van der Waals surface area contributed by atoms with E-state index in [0.29, 0.717) is 11.4 Å². The number of hydrogen-bond donors (Lipinski definition) is 0. The van der Waals surface area contributed by atoms with Crippen LogP contribution in [0.2, 0.25) is 0 Å². The first-order chi connectivity index (χ1) is 5.24. The quantitative estimate of drug-likeness (QED) is 0.488. The highest BCUT2D eigenvalue weighted by Gasteiger charge is 2.08. The average molecular weight is 172 g/mol. The molecule has 0 heterocycles. The summed E-state index contributed by atoms with van der Waals surface area (Å²) in [4.78, 5) is 10.5. The van der Waals surface area contributed by atoms with E-state index in [1.165, 1.54) is 0 Å². The van der Waals surface area contributed by atoms with Crippen molar-refractivity contribution in [3.8, 4) is 0 Å². The Morgan fingerprint density at radius 2 is 1.91 bits per heavy atom. The predicted octanol–water partition coefficient (Wildman–Crippen LogP) is 1.29. The molecule has 0 radical (unpaired) electrons. The molecule has 3 heteroatoms. The van der Waals surface area contributed by atoms with Crippen molar-refractivity contribution in [2.24, 2.45) is 0 Å². The number of carbonyl (C=O) groups is 1. The van der Waals surface area contributed by atoms with Crippen molar-refractivity contribution in [2.45, 2.75) is 5.88 Å². The Morgan fingerprint density at radius 3 is 2.27 bits per heavy atom. The zero-order valence-corrected chi connectivity index (χ0v) is 6.56. The average Bonchev–Trinajstić information content (AvgIpc) is 2.05. The minimum atomic E-state index is -0.661. The second kappa shape index (κ2) is 3.39. The molecule has 0 amide bonds. The van der Waals surface area contributed by atoms with Crippen LogP contribution >= 0.6 is 11.6 Å². The molecule has 0 aliphatic carbocycles. The lowest BCUT2D eigenvalue weighted by Crippen LogP contribution is -1.95. The second-order valence-corrected chi connectivity index (χ2v) is 2.43. The summed E-state index contributed by atoms with van der Waals surface area (Å²) in [6, 6.07) is 6.70. The van der Waals surface area contributed by atoms with Crippen LogP contribution in [0.15, 0.2) is 24.3 Å². The topological polar surface area (TPSA) is 40.0 Å². The normalized spacial score (nSPS) is 9.55. The zero-order chi connectivity index (χ0) is 8.27. The van der Waals surface area contributed by atoms with Crippen LogP contribution in [0, 0.1) is 0 Å². The molecule has 2 N–H and O–H groups in total. The lowest BCUT2D eigenvalue weighted by Gasteiger charge is -1.92. The lowest BCUT2D eigenvalue weighted by molar-refractivity contribution is 0.0697. The van der Waals surface area contributed by atoms with E-state index in [0.717, 1.165) is 5.56 Å². The van der Waals surface area contributed by atoms with Gasteiger partial charge in [0.2, 0.25) is 0 Å². The van der Waals surface area contributed by atoms with Gasteiger partial charge < -0.3 is 5.11 Å². The maximum Gasteiger partial charge on any atom is 0.549 e. The molecule has 0 saturated carbocycles. The zero-order valence-electron chi connectivity index (χ0n) is 5.80. The van der Waals surface area contributed by atoms with E-state index in [2.05, 4.69) is 0 Å². The Labute approximate surface area is 69.4 Å². The molecule has 1 aromatic carbocycles. The van der Waals surface area contributed by atoms with E-state index >= 15 is 0 Å². The van der Waals surface area contributed by atoms with Gasteiger partial charge >= 0.3 is 5.97 Å². The molecular formula is C8H8ClO2+. The minimum absolute atomic E-state index is 0.402. The van der Waals surface area contributed by atoms with Crippen molar-refractivity contribution in [3.05, 3.63) is 35.4 Å². The SMILES string of the molecule is O=C([OH2+])c1ccc(CCl)cc1. The van der Waals surface area contributed by atoms with E-state index in [4.69, 9.17) is 16.7 Å². The van der Waals surface area contributed by atoms with Crippen molar-refractivity contribution in [1.82, 2.24) is 0 Å². The molecule has 0 bridgehead atoms. The molecule has 1 aromatic rings. The summed E-state index contributed by atoms with van der Waals surface area (Å²) < 4.78 is 0. The van der Waals surface area contributed by atoms with Gasteiger partial charge in [0.25, 0.3) is 0 Å². The van der Waals surface area contributed by atoms with Gasteiger partial charge in [-0.15, -0.1) is 11.6 Å². The summed E-state index contributed by atoms with van der Waals surface area (Å²) in [6.45, 7) is 0. The third-order valence-corrected chi connectivity index (χ3v) is 1.68. The molecule has 0 aromatic heterocycles. The minimum Gasteiger partial charge on any atom is -0.561 e. The van der Waals surface area contributed by atoms with E-state index in [9.17, 15) is 4.79 Å². The summed E-state index contributed by atoms with van der Waals surface area (Å²) in [6.07, 6.45) is 0. The molecule has 11 heavy (non-hydrogen) atoms. The van der Waals surface area contributed by atoms with Crippen molar-refractivity contribution < 1.29 is 9.90 Å². The molecule has 0 aliphatic heterocycles. The van der Waals surface area contributed by atoms with Crippen molar-refractivity contribution in [1.29, 1.82) is 0 Å². The molecule has 0 fully saturated rings. The fraction of sp³-hybridized carbons (Fsp3) is 0.125. The highest BCUT2D eigenvalue weighted by Crippen LogP contribution is 2.06. The van der Waals surface area contributed by atoms with Crippen LogP contribution < -0.4 is 0 Å². The van der Waals surface area contributed by atoms with Crippen LogP contribution in [0.1, 0.15) is 15.9 Å². The third-order valence-electron chi connectivity index (χ3n) is 1.37. The first kappa shape index (κ1) is 8.08. The first-order valence-corrected chi connectivity index (χ1v) is 3.68. The van der Waals surface area contributed by atoms with E-state index < -0.39 is 5.97 Å². The van der Waals surface area contributed by atoms with E-state index in [-0.39, 0.29) is 0 Å². The van der Waals surface area contributed by atoms with Gasteiger partial charge in [-0.3, -0.25) is 0 Å². The molecule has 0 aliphatic rings. The smallest absolute Gasteiger partial charge is 0.549 e. The van der Waals surface area contributed by atoms with Crippen LogP contribution in [0.4, 0.5) is 0 Å². The molecule has 0 atom stereocenters. The molecule has 58 valence electrons. The Balaban J connectivity index is 2.91. The largest absolute Gasteiger partial charge is 0.561 e. The van der Waals surface area contributed by atoms with Crippen molar-refractivity contribution >= 4 is 17.6 Å². The van der Waals surface area contributed by atoms with Crippen LogP contribution in [0.5, 0.6) is 0 Å². The van der Waals surface area contributed by atoms with E-state index in [1.807, 2.05) is 0 Å². The lowest BCUT2D eigenvalue weighted by atomic mass is 10.1.